The summed E-state index contributed by atoms with van der Waals surface area (Å²) in [5, 5.41) is 12.4. The predicted octanol–water partition coefficient (Wildman–Crippen LogP) is 1.55. The van der Waals surface area contributed by atoms with Gasteiger partial charge in [-0.2, -0.15) is 9.78 Å². The largest absolute Gasteiger partial charge is 0.296 e. The molecular weight excluding hydrogens is 248 g/mol. The fourth-order valence-corrected chi connectivity index (χ4v) is 1.76. The molecule has 0 amide bonds. The molecule has 0 saturated heterocycles. The first-order valence-electron chi connectivity index (χ1n) is 5.32. The average Bonchev–Trinajstić information content (AvgIpc) is 2.41. The van der Waals surface area contributed by atoms with Gasteiger partial charge < -0.3 is 0 Å². The molecule has 1 aromatic carbocycles. The van der Waals surface area contributed by atoms with E-state index in [-0.39, 0.29) is 5.56 Å². The molecule has 0 radical (unpaired) electrons. The van der Waals surface area contributed by atoms with Crippen LogP contribution in [-0.2, 0) is 0 Å². The van der Waals surface area contributed by atoms with Crippen LogP contribution in [0.5, 0.6) is 0 Å². The molecule has 2 aromatic rings. The van der Waals surface area contributed by atoms with Gasteiger partial charge in [0.1, 0.15) is 5.69 Å². The second kappa shape index (κ2) is 5.59. The van der Waals surface area contributed by atoms with Crippen molar-refractivity contribution >= 4 is 18.0 Å². The fourth-order valence-electron chi connectivity index (χ4n) is 1.34. The van der Waals surface area contributed by atoms with E-state index in [4.69, 9.17) is 0 Å². The Bertz CT molecular complexity index is 622. The van der Waals surface area contributed by atoms with E-state index in [1.54, 1.807) is 13.1 Å². The SMILES string of the molecule is CSc1nnc(C)c(=O)n1N=Cc1ccccc1. The molecular formula is C12H12N4OS. The van der Waals surface area contributed by atoms with E-state index in [2.05, 4.69) is 15.3 Å². The number of thioether (sulfide) groups is 1. The van der Waals surface area contributed by atoms with E-state index >= 15 is 0 Å². The van der Waals surface area contributed by atoms with Gasteiger partial charge in [0.15, 0.2) is 0 Å². The van der Waals surface area contributed by atoms with Gasteiger partial charge in [-0.1, -0.05) is 42.1 Å². The van der Waals surface area contributed by atoms with Crippen LogP contribution in [0.3, 0.4) is 0 Å². The maximum absolute atomic E-state index is 11.9. The summed E-state index contributed by atoms with van der Waals surface area (Å²) in [6, 6.07) is 9.57. The van der Waals surface area contributed by atoms with Crippen molar-refractivity contribution in [2.75, 3.05) is 6.26 Å². The van der Waals surface area contributed by atoms with Gasteiger partial charge in [0.25, 0.3) is 5.56 Å². The molecule has 0 atom stereocenters. The quantitative estimate of drug-likeness (QED) is 0.620. The van der Waals surface area contributed by atoms with Crippen LogP contribution in [0.4, 0.5) is 0 Å². The van der Waals surface area contributed by atoms with Gasteiger partial charge in [-0.25, -0.2) is 0 Å². The lowest BCUT2D eigenvalue weighted by atomic mass is 10.2. The number of aromatic nitrogens is 3. The Morgan fingerprint density at radius 3 is 2.67 bits per heavy atom. The zero-order valence-electron chi connectivity index (χ0n) is 10.1. The van der Waals surface area contributed by atoms with E-state index in [0.717, 1.165) is 5.56 Å². The highest BCUT2D eigenvalue weighted by Crippen LogP contribution is 2.07. The van der Waals surface area contributed by atoms with Crippen LogP contribution in [0, 0.1) is 6.92 Å². The van der Waals surface area contributed by atoms with Crippen LogP contribution < -0.4 is 5.56 Å². The van der Waals surface area contributed by atoms with Crippen molar-refractivity contribution in [3.63, 3.8) is 0 Å². The molecule has 2 rings (SSSR count). The highest BCUT2D eigenvalue weighted by atomic mass is 32.2. The van der Waals surface area contributed by atoms with Crippen LogP contribution in [0.1, 0.15) is 11.3 Å². The van der Waals surface area contributed by atoms with Crippen LogP contribution in [0.2, 0.25) is 0 Å². The number of aryl methyl sites for hydroxylation is 1. The van der Waals surface area contributed by atoms with Gasteiger partial charge in [-0.15, -0.1) is 10.2 Å². The lowest BCUT2D eigenvalue weighted by Crippen LogP contribution is -2.23. The smallest absolute Gasteiger partial charge is 0.265 e. The zero-order valence-corrected chi connectivity index (χ0v) is 10.9. The summed E-state index contributed by atoms with van der Waals surface area (Å²) in [5.41, 5.74) is 1.01. The summed E-state index contributed by atoms with van der Waals surface area (Å²) >= 11 is 1.33. The average molecular weight is 260 g/mol. The Morgan fingerprint density at radius 2 is 2.00 bits per heavy atom. The third kappa shape index (κ3) is 2.65. The molecule has 1 heterocycles. The van der Waals surface area contributed by atoms with Crippen LogP contribution >= 0.6 is 11.8 Å². The van der Waals surface area contributed by atoms with E-state index in [9.17, 15) is 4.79 Å². The van der Waals surface area contributed by atoms with Crippen molar-refractivity contribution in [1.29, 1.82) is 0 Å². The third-order valence-electron chi connectivity index (χ3n) is 2.27. The highest BCUT2D eigenvalue weighted by molar-refractivity contribution is 7.98. The number of hydrogen-bond donors (Lipinski definition) is 0. The molecule has 0 saturated carbocycles. The summed E-state index contributed by atoms with van der Waals surface area (Å²) in [4.78, 5) is 11.9. The van der Waals surface area contributed by atoms with Crippen molar-refractivity contribution in [1.82, 2.24) is 14.9 Å². The minimum atomic E-state index is -0.249. The monoisotopic (exact) mass is 260 g/mol. The zero-order chi connectivity index (χ0) is 13.0. The summed E-state index contributed by atoms with van der Waals surface area (Å²) < 4.78 is 1.26. The van der Waals surface area contributed by atoms with Gasteiger partial charge in [0.2, 0.25) is 5.16 Å². The molecule has 0 bridgehead atoms. The van der Waals surface area contributed by atoms with Gasteiger partial charge in [-0.3, -0.25) is 4.79 Å². The highest BCUT2D eigenvalue weighted by Gasteiger charge is 2.06. The first kappa shape index (κ1) is 12.5. The topological polar surface area (TPSA) is 60.1 Å². The standard InChI is InChI=1S/C12H12N4OS/c1-9-11(17)16(12(18-2)15-14-9)13-8-10-6-4-3-5-7-10/h3-8H,1-2H3. The van der Waals surface area contributed by atoms with E-state index < -0.39 is 0 Å². The van der Waals surface area contributed by atoms with Crippen molar-refractivity contribution in [2.24, 2.45) is 5.10 Å². The Morgan fingerprint density at radius 1 is 1.28 bits per heavy atom. The maximum atomic E-state index is 11.9. The van der Waals surface area contributed by atoms with Gasteiger partial charge in [-0.05, 0) is 18.7 Å². The Hall–Kier alpha value is -1.95. The molecule has 5 nitrogen and oxygen atoms in total. The number of benzene rings is 1. The summed E-state index contributed by atoms with van der Waals surface area (Å²) in [6.45, 7) is 1.62. The third-order valence-corrected chi connectivity index (χ3v) is 2.89. The molecule has 0 N–H and O–H groups in total. The van der Waals surface area contributed by atoms with Gasteiger partial charge in [0.05, 0.1) is 6.21 Å². The molecule has 0 aliphatic carbocycles. The lowest BCUT2D eigenvalue weighted by molar-refractivity contribution is 0.635. The Kier molecular flexibility index (Phi) is 3.88. The normalized spacial score (nSPS) is 11.0. The van der Waals surface area contributed by atoms with Crippen LogP contribution in [0.15, 0.2) is 45.4 Å². The van der Waals surface area contributed by atoms with Crippen molar-refractivity contribution < 1.29 is 0 Å². The molecule has 1 aromatic heterocycles. The van der Waals surface area contributed by atoms with Crippen molar-refractivity contribution in [2.45, 2.75) is 12.1 Å². The van der Waals surface area contributed by atoms with Crippen molar-refractivity contribution in [3.05, 3.63) is 51.9 Å². The minimum absolute atomic E-state index is 0.249. The molecule has 0 aliphatic rings. The summed E-state index contributed by atoms with van der Waals surface area (Å²) in [7, 11) is 0. The lowest BCUT2D eigenvalue weighted by Gasteiger charge is -2.03. The molecule has 0 aliphatic heterocycles. The Balaban J connectivity index is 2.43. The summed E-state index contributed by atoms with van der Waals surface area (Å²) in [5.74, 6) is 0. The van der Waals surface area contributed by atoms with E-state index in [1.807, 2.05) is 36.6 Å². The Labute approximate surface area is 109 Å². The van der Waals surface area contributed by atoms with E-state index in [0.29, 0.717) is 10.9 Å². The second-order valence-corrected chi connectivity index (χ2v) is 4.32. The van der Waals surface area contributed by atoms with Gasteiger partial charge in [0, 0.05) is 0 Å². The first-order chi connectivity index (χ1) is 8.72. The number of hydrogen-bond acceptors (Lipinski definition) is 5. The maximum Gasteiger partial charge on any atom is 0.296 e. The fraction of sp³-hybridized carbons (Fsp3) is 0.167. The van der Waals surface area contributed by atoms with Crippen molar-refractivity contribution in [3.8, 4) is 0 Å². The van der Waals surface area contributed by atoms with Crippen LogP contribution in [0.25, 0.3) is 0 Å². The van der Waals surface area contributed by atoms with Crippen LogP contribution in [-0.4, -0.2) is 27.3 Å². The molecule has 92 valence electrons. The number of rotatable bonds is 3. The molecule has 18 heavy (non-hydrogen) atoms. The molecule has 0 unspecified atom stereocenters. The van der Waals surface area contributed by atoms with Gasteiger partial charge >= 0.3 is 0 Å². The van der Waals surface area contributed by atoms with E-state index in [1.165, 1.54) is 16.4 Å². The molecule has 0 spiro atoms. The second-order valence-electron chi connectivity index (χ2n) is 3.54. The number of nitrogens with zero attached hydrogens (tertiary/aromatic N) is 4. The first-order valence-corrected chi connectivity index (χ1v) is 6.54. The summed E-state index contributed by atoms with van der Waals surface area (Å²) in [6.07, 6.45) is 3.45. The molecule has 0 fully saturated rings. The minimum Gasteiger partial charge on any atom is -0.265 e. The predicted molar refractivity (Wildman–Crippen MR) is 72.2 cm³/mol. The molecule has 6 heteroatoms.